The van der Waals surface area contributed by atoms with Gasteiger partial charge in [-0.05, 0) is 24.5 Å². The van der Waals surface area contributed by atoms with Gasteiger partial charge in [-0.25, -0.2) is 4.99 Å². The van der Waals surface area contributed by atoms with Crippen molar-refractivity contribution in [3.05, 3.63) is 22.7 Å². The number of nitrogens with one attached hydrogen (secondary N) is 1. The quantitative estimate of drug-likeness (QED) is 0.380. The fraction of sp³-hybridized carbons (Fsp3) is 0.200. The molecule has 0 atom stereocenters. The first-order valence-electron chi connectivity index (χ1n) is 4.69. The van der Waals surface area contributed by atoms with E-state index in [-0.39, 0.29) is 10.9 Å². The van der Waals surface area contributed by atoms with Gasteiger partial charge >= 0.3 is 6.36 Å². The van der Waals surface area contributed by atoms with E-state index in [1.165, 1.54) is 12.1 Å². The fourth-order valence-corrected chi connectivity index (χ4v) is 1.75. The van der Waals surface area contributed by atoms with Crippen molar-refractivity contribution in [2.45, 2.75) is 6.36 Å². The Morgan fingerprint density at radius 1 is 1.53 bits per heavy atom. The predicted molar refractivity (Wildman–Crippen MR) is 70.2 cm³/mol. The van der Waals surface area contributed by atoms with E-state index in [4.69, 9.17) is 5.26 Å². The highest BCUT2D eigenvalue weighted by atomic mass is 79.9. The Morgan fingerprint density at radius 2 is 2.21 bits per heavy atom. The molecule has 0 aromatic heterocycles. The number of aliphatic imine (C=N–C) groups is 1. The molecule has 0 saturated heterocycles. The smallest absolute Gasteiger partial charge is 0.403 e. The van der Waals surface area contributed by atoms with Gasteiger partial charge in [-0.3, -0.25) is 5.32 Å². The van der Waals surface area contributed by atoms with E-state index in [2.05, 4.69) is 31.0 Å². The van der Waals surface area contributed by atoms with Crippen LogP contribution in [0.5, 0.6) is 5.75 Å². The molecule has 0 fully saturated rings. The molecule has 1 rings (SSSR count). The summed E-state index contributed by atoms with van der Waals surface area (Å²) in [6.07, 6.45) is -1.54. The van der Waals surface area contributed by atoms with Crippen LogP contribution in [0.25, 0.3) is 0 Å². The largest absolute Gasteiger partial charge is 0.573 e. The zero-order valence-electron chi connectivity index (χ0n) is 9.45. The maximum Gasteiger partial charge on any atom is 0.573 e. The van der Waals surface area contributed by atoms with Crippen molar-refractivity contribution >= 4 is 38.5 Å². The highest BCUT2D eigenvalue weighted by molar-refractivity contribution is 9.10. The minimum atomic E-state index is -4.81. The predicted octanol–water partition coefficient (Wildman–Crippen LogP) is 3.77. The second-order valence-corrected chi connectivity index (χ2v) is 4.73. The molecular formula is C10H7BrF3N3OS. The monoisotopic (exact) mass is 353 g/mol. The van der Waals surface area contributed by atoms with Crippen LogP contribution in [-0.2, 0) is 0 Å². The molecule has 0 heterocycles. The molecule has 0 aliphatic carbocycles. The van der Waals surface area contributed by atoms with Gasteiger partial charge in [0.1, 0.15) is 5.69 Å². The third kappa shape index (κ3) is 5.40. The molecular weight excluding hydrogens is 347 g/mol. The van der Waals surface area contributed by atoms with Crippen LogP contribution in [0.1, 0.15) is 0 Å². The first kappa shape index (κ1) is 15.7. The van der Waals surface area contributed by atoms with Crippen molar-refractivity contribution in [2.75, 3.05) is 6.26 Å². The first-order chi connectivity index (χ1) is 8.85. The second-order valence-electron chi connectivity index (χ2n) is 3.02. The Bertz CT molecular complexity index is 528. The molecule has 0 bridgehead atoms. The lowest BCUT2D eigenvalue weighted by molar-refractivity contribution is -0.274. The highest BCUT2D eigenvalue weighted by Crippen LogP contribution is 2.35. The van der Waals surface area contributed by atoms with E-state index in [1.807, 2.05) is 0 Å². The summed E-state index contributed by atoms with van der Waals surface area (Å²) in [5.41, 5.74) is -0.0346. The molecule has 1 N–H and O–H groups in total. The summed E-state index contributed by atoms with van der Waals surface area (Å²) >= 11 is 4.14. The van der Waals surface area contributed by atoms with Gasteiger partial charge in [-0.15, -0.1) is 13.2 Å². The summed E-state index contributed by atoms with van der Waals surface area (Å²) in [4.78, 5) is 3.89. The van der Waals surface area contributed by atoms with Gasteiger partial charge in [-0.2, -0.15) is 5.26 Å². The van der Waals surface area contributed by atoms with Crippen molar-refractivity contribution in [1.29, 1.82) is 5.26 Å². The van der Waals surface area contributed by atoms with Crippen LogP contribution in [0.15, 0.2) is 27.7 Å². The molecule has 102 valence electrons. The van der Waals surface area contributed by atoms with Crippen molar-refractivity contribution in [1.82, 2.24) is 5.32 Å². The average Bonchev–Trinajstić information content (AvgIpc) is 2.29. The number of ether oxygens (including phenoxy) is 1. The van der Waals surface area contributed by atoms with Gasteiger partial charge in [0, 0.05) is 4.47 Å². The Hall–Kier alpha value is -1.40. The van der Waals surface area contributed by atoms with E-state index in [0.29, 0.717) is 4.47 Å². The number of hydrogen-bond donors (Lipinski definition) is 1. The third-order valence-corrected chi connectivity index (χ3v) is 2.80. The van der Waals surface area contributed by atoms with Crippen LogP contribution in [0.3, 0.4) is 0 Å². The zero-order chi connectivity index (χ0) is 14.5. The second kappa shape index (κ2) is 6.68. The number of nitriles is 1. The van der Waals surface area contributed by atoms with Gasteiger partial charge in [0.25, 0.3) is 0 Å². The SMILES string of the molecule is CSC(=Nc1ccc(Br)cc1OC(F)(F)F)NC#N. The highest BCUT2D eigenvalue weighted by Gasteiger charge is 2.32. The van der Waals surface area contributed by atoms with E-state index in [9.17, 15) is 13.2 Å². The molecule has 0 saturated carbocycles. The lowest BCUT2D eigenvalue weighted by atomic mass is 10.3. The number of amidine groups is 1. The molecule has 0 radical (unpaired) electrons. The third-order valence-electron chi connectivity index (χ3n) is 1.73. The molecule has 0 aliphatic heterocycles. The fourth-order valence-electron chi connectivity index (χ4n) is 1.07. The van der Waals surface area contributed by atoms with E-state index >= 15 is 0 Å². The van der Waals surface area contributed by atoms with Crippen molar-refractivity contribution < 1.29 is 17.9 Å². The maximum atomic E-state index is 12.3. The number of nitrogens with zero attached hydrogens (tertiary/aromatic N) is 2. The number of halogens is 4. The van der Waals surface area contributed by atoms with Gasteiger partial charge in [0.15, 0.2) is 17.1 Å². The molecule has 1 aromatic rings. The molecule has 1 aromatic carbocycles. The minimum absolute atomic E-state index is 0.0346. The Labute approximate surface area is 119 Å². The Kier molecular flexibility index (Phi) is 5.50. The minimum Gasteiger partial charge on any atom is -0.403 e. The summed E-state index contributed by atoms with van der Waals surface area (Å²) in [7, 11) is 0. The van der Waals surface area contributed by atoms with Crippen LogP contribution in [-0.4, -0.2) is 17.8 Å². The number of hydrogen-bond acceptors (Lipinski definition) is 4. The van der Waals surface area contributed by atoms with Gasteiger partial charge < -0.3 is 4.74 Å². The van der Waals surface area contributed by atoms with Crippen molar-refractivity contribution in [2.24, 2.45) is 4.99 Å². The summed E-state index contributed by atoms with van der Waals surface area (Å²) in [6, 6.07) is 4.02. The summed E-state index contributed by atoms with van der Waals surface area (Å²) in [5.74, 6) is -0.451. The van der Waals surface area contributed by atoms with Crippen LogP contribution < -0.4 is 10.1 Å². The molecule has 0 amide bonds. The summed E-state index contributed by atoms with van der Waals surface area (Å²) in [6.45, 7) is 0. The lowest BCUT2D eigenvalue weighted by Gasteiger charge is -2.11. The van der Waals surface area contributed by atoms with Crippen LogP contribution >= 0.6 is 27.7 Å². The van der Waals surface area contributed by atoms with E-state index in [0.717, 1.165) is 17.8 Å². The summed E-state index contributed by atoms with van der Waals surface area (Å²) in [5, 5.41) is 10.9. The molecule has 9 heteroatoms. The number of alkyl halides is 3. The number of benzene rings is 1. The number of thioether (sulfide) groups is 1. The Balaban J connectivity index is 3.16. The molecule has 4 nitrogen and oxygen atoms in total. The van der Waals surface area contributed by atoms with Gasteiger partial charge in [-0.1, -0.05) is 27.7 Å². The summed E-state index contributed by atoms with van der Waals surface area (Å²) < 4.78 is 41.1. The average molecular weight is 354 g/mol. The molecule has 19 heavy (non-hydrogen) atoms. The molecule has 0 unspecified atom stereocenters. The topological polar surface area (TPSA) is 57.4 Å². The standard InChI is InChI=1S/C10H7BrF3N3OS/c1-19-9(16-5-15)17-7-3-2-6(11)4-8(7)18-10(12,13)14/h2-4H,1H3,(H,16,17). The van der Waals surface area contributed by atoms with Crippen molar-refractivity contribution in [3.8, 4) is 11.9 Å². The van der Waals surface area contributed by atoms with Crippen LogP contribution in [0.2, 0.25) is 0 Å². The zero-order valence-corrected chi connectivity index (χ0v) is 11.9. The van der Waals surface area contributed by atoms with E-state index in [1.54, 1.807) is 12.4 Å². The van der Waals surface area contributed by atoms with Crippen molar-refractivity contribution in [3.63, 3.8) is 0 Å². The number of rotatable bonds is 2. The van der Waals surface area contributed by atoms with Gasteiger partial charge in [0.2, 0.25) is 0 Å². The Morgan fingerprint density at radius 3 is 2.74 bits per heavy atom. The maximum absolute atomic E-state index is 12.3. The lowest BCUT2D eigenvalue weighted by Crippen LogP contribution is -2.17. The van der Waals surface area contributed by atoms with Crippen LogP contribution in [0, 0.1) is 11.5 Å². The normalized spacial score (nSPS) is 11.9. The van der Waals surface area contributed by atoms with Gasteiger partial charge in [0.05, 0.1) is 0 Å². The first-order valence-corrected chi connectivity index (χ1v) is 6.70. The molecule has 0 spiro atoms. The van der Waals surface area contributed by atoms with E-state index < -0.39 is 12.1 Å². The molecule has 0 aliphatic rings. The van der Waals surface area contributed by atoms with Crippen LogP contribution in [0.4, 0.5) is 18.9 Å².